The van der Waals surface area contributed by atoms with E-state index in [1.54, 1.807) is 0 Å². The lowest BCUT2D eigenvalue weighted by Gasteiger charge is -2.40. The minimum absolute atomic E-state index is 0.504. The van der Waals surface area contributed by atoms with Gasteiger partial charge in [-0.05, 0) is 57.1 Å². The van der Waals surface area contributed by atoms with E-state index in [4.69, 9.17) is 4.74 Å². The van der Waals surface area contributed by atoms with Crippen LogP contribution in [0.15, 0.2) is 18.5 Å². The summed E-state index contributed by atoms with van der Waals surface area (Å²) in [6.07, 6.45) is 11.9. The van der Waals surface area contributed by atoms with Crippen LogP contribution in [-0.2, 0) is 4.74 Å². The molecule has 1 aliphatic heterocycles. The molecule has 1 aromatic rings. The maximum Gasteiger partial charge on any atom is 0.0572 e. The highest BCUT2D eigenvalue weighted by atomic mass is 16.5. The van der Waals surface area contributed by atoms with E-state index in [9.17, 15) is 0 Å². The number of pyridine rings is 1. The molecular formula is C18H29N3O. The number of nitrogens with zero attached hydrogens (tertiary/aromatic N) is 2. The van der Waals surface area contributed by atoms with Crippen molar-refractivity contribution in [2.75, 3.05) is 25.5 Å². The Morgan fingerprint density at radius 2 is 1.82 bits per heavy atom. The molecule has 0 radical (unpaired) electrons. The van der Waals surface area contributed by atoms with Crippen LogP contribution < -0.4 is 5.32 Å². The Labute approximate surface area is 134 Å². The molecule has 1 N–H and O–H groups in total. The first-order valence-corrected chi connectivity index (χ1v) is 8.69. The van der Waals surface area contributed by atoms with Gasteiger partial charge in [0.1, 0.15) is 0 Å². The van der Waals surface area contributed by atoms with Crippen molar-refractivity contribution in [3.8, 4) is 0 Å². The highest BCUT2D eigenvalue weighted by Crippen LogP contribution is 2.27. The molecule has 22 heavy (non-hydrogen) atoms. The largest absolute Gasteiger partial charge is 0.381 e. The molecule has 1 aliphatic carbocycles. The van der Waals surface area contributed by atoms with Crippen LogP contribution in [0.2, 0.25) is 0 Å². The summed E-state index contributed by atoms with van der Waals surface area (Å²) in [5.41, 5.74) is 2.39. The lowest BCUT2D eigenvalue weighted by Crippen LogP contribution is -2.46. The van der Waals surface area contributed by atoms with Gasteiger partial charge in [0.05, 0.1) is 11.8 Å². The molecule has 3 rings (SSSR count). The number of aromatic nitrogens is 1. The van der Waals surface area contributed by atoms with Crippen LogP contribution in [-0.4, -0.2) is 48.3 Å². The third kappa shape index (κ3) is 3.99. The Kier molecular flexibility index (Phi) is 5.32. The van der Waals surface area contributed by atoms with E-state index in [1.165, 1.54) is 62.9 Å². The van der Waals surface area contributed by atoms with Gasteiger partial charge in [-0.1, -0.05) is 0 Å². The third-order valence-corrected chi connectivity index (χ3v) is 5.27. The number of nitrogens with one attached hydrogen (secondary N) is 1. The smallest absolute Gasteiger partial charge is 0.0572 e. The molecule has 0 unspecified atom stereocenters. The number of ether oxygens (including phenoxy) is 1. The fraction of sp³-hybridized carbons (Fsp3) is 0.722. The number of rotatable bonds is 4. The molecule has 0 amide bonds. The Bertz CT molecular complexity index is 463. The average molecular weight is 303 g/mol. The van der Waals surface area contributed by atoms with E-state index in [-0.39, 0.29) is 0 Å². The third-order valence-electron chi connectivity index (χ3n) is 5.27. The van der Waals surface area contributed by atoms with Crippen molar-refractivity contribution in [1.82, 2.24) is 9.88 Å². The van der Waals surface area contributed by atoms with Crippen LogP contribution in [0.3, 0.4) is 0 Å². The van der Waals surface area contributed by atoms with E-state index in [0.717, 1.165) is 6.04 Å². The molecule has 4 heteroatoms. The molecule has 2 heterocycles. The van der Waals surface area contributed by atoms with Crippen molar-refractivity contribution in [3.63, 3.8) is 0 Å². The summed E-state index contributed by atoms with van der Waals surface area (Å²) >= 11 is 0. The van der Waals surface area contributed by atoms with E-state index in [0.29, 0.717) is 12.1 Å². The highest BCUT2D eigenvalue weighted by Gasteiger charge is 2.28. The van der Waals surface area contributed by atoms with Gasteiger partial charge in [0, 0.05) is 44.7 Å². The van der Waals surface area contributed by atoms with Crippen molar-refractivity contribution >= 4 is 5.69 Å². The topological polar surface area (TPSA) is 37.4 Å². The molecule has 122 valence electrons. The zero-order valence-corrected chi connectivity index (χ0v) is 13.9. The van der Waals surface area contributed by atoms with Gasteiger partial charge in [0.15, 0.2) is 0 Å². The fourth-order valence-electron chi connectivity index (χ4n) is 3.92. The average Bonchev–Trinajstić information content (AvgIpc) is 2.56. The number of anilines is 1. The maximum atomic E-state index is 5.49. The van der Waals surface area contributed by atoms with Gasteiger partial charge in [-0.3, -0.25) is 4.98 Å². The predicted octanol–water partition coefficient (Wildman–Crippen LogP) is 3.22. The van der Waals surface area contributed by atoms with Gasteiger partial charge >= 0.3 is 0 Å². The number of methoxy groups -OCH3 is 1. The van der Waals surface area contributed by atoms with Crippen LogP contribution >= 0.6 is 0 Å². The number of piperidine rings is 1. The standard InChI is InChI=1S/C18H29N3O/c1-14-11-16(13-19-12-14)20-15-7-9-21(10-8-15)17-3-5-18(22-2)6-4-17/h11-13,15,17-18,20H,3-10H2,1-2H3. The number of likely N-dealkylation sites (tertiary alicyclic amines) is 1. The first-order valence-electron chi connectivity index (χ1n) is 8.69. The lowest BCUT2D eigenvalue weighted by molar-refractivity contribution is 0.0329. The zero-order valence-electron chi connectivity index (χ0n) is 13.9. The summed E-state index contributed by atoms with van der Waals surface area (Å²) in [4.78, 5) is 6.98. The maximum absolute atomic E-state index is 5.49. The summed E-state index contributed by atoms with van der Waals surface area (Å²) in [7, 11) is 1.85. The number of aryl methyl sites for hydroxylation is 1. The summed E-state index contributed by atoms with van der Waals surface area (Å²) in [6.45, 7) is 4.54. The van der Waals surface area contributed by atoms with Gasteiger partial charge in [0.25, 0.3) is 0 Å². The molecule has 2 aliphatic rings. The van der Waals surface area contributed by atoms with Gasteiger partial charge in [-0.15, -0.1) is 0 Å². The van der Waals surface area contributed by atoms with Crippen molar-refractivity contribution < 1.29 is 4.74 Å². The van der Waals surface area contributed by atoms with Crippen LogP contribution in [0.1, 0.15) is 44.1 Å². The van der Waals surface area contributed by atoms with Gasteiger partial charge < -0.3 is 15.0 Å². The Hall–Kier alpha value is -1.13. The molecule has 1 aromatic heterocycles. The molecule has 0 spiro atoms. The SMILES string of the molecule is COC1CCC(N2CCC(Nc3cncc(C)c3)CC2)CC1. The summed E-state index contributed by atoms with van der Waals surface area (Å²) in [6, 6.07) is 3.56. The normalized spacial score (nSPS) is 27.7. The lowest BCUT2D eigenvalue weighted by atomic mass is 9.90. The predicted molar refractivity (Wildman–Crippen MR) is 90.2 cm³/mol. The van der Waals surface area contributed by atoms with Gasteiger partial charge in [0.2, 0.25) is 0 Å². The highest BCUT2D eigenvalue weighted by molar-refractivity contribution is 5.43. The first-order chi connectivity index (χ1) is 10.7. The van der Waals surface area contributed by atoms with E-state index in [1.807, 2.05) is 19.5 Å². The second-order valence-corrected chi connectivity index (χ2v) is 6.87. The van der Waals surface area contributed by atoms with Crippen LogP contribution in [0, 0.1) is 6.92 Å². The number of hydrogen-bond acceptors (Lipinski definition) is 4. The monoisotopic (exact) mass is 303 g/mol. The first kappa shape index (κ1) is 15.8. The minimum Gasteiger partial charge on any atom is -0.381 e. The summed E-state index contributed by atoms with van der Waals surface area (Å²) < 4.78 is 5.49. The molecule has 0 aromatic carbocycles. The zero-order chi connectivity index (χ0) is 15.4. The Morgan fingerprint density at radius 1 is 1.09 bits per heavy atom. The summed E-state index contributed by atoms with van der Waals surface area (Å²) in [5, 5.41) is 3.65. The van der Waals surface area contributed by atoms with Crippen LogP contribution in [0.4, 0.5) is 5.69 Å². The summed E-state index contributed by atoms with van der Waals surface area (Å²) in [5.74, 6) is 0. The second-order valence-electron chi connectivity index (χ2n) is 6.87. The Balaban J connectivity index is 1.44. The van der Waals surface area contributed by atoms with Crippen molar-refractivity contribution in [1.29, 1.82) is 0 Å². The molecule has 4 nitrogen and oxygen atoms in total. The van der Waals surface area contributed by atoms with Crippen molar-refractivity contribution in [3.05, 3.63) is 24.0 Å². The minimum atomic E-state index is 0.504. The molecular weight excluding hydrogens is 274 g/mol. The van der Waals surface area contributed by atoms with Crippen LogP contribution in [0.25, 0.3) is 0 Å². The van der Waals surface area contributed by atoms with Crippen molar-refractivity contribution in [2.24, 2.45) is 0 Å². The Morgan fingerprint density at radius 3 is 2.45 bits per heavy atom. The molecule has 2 fully saturated rings. The molecule has 1 saturated heterocycles. The molecule has 1 saturated carbocycles. The van der Waals surface area contributed by atoms with Crippen molar-refractivity contribution in [2.45, 2.75) is 63.6 Å². The van der Waals surface area contributed by atoms with E-state index >= 15 is 0 Å². The fourth-order valence-corrected chi connectivity index (χ4v) is 3.92. The van der Waals surface area contributed by atoms with Gasteiger partial charge in [-0.25, -0.2) is 0 Å². The molecule has 0 bridgehead atoms. The quantitative estimate of drug-likeness (QED) is 0.926. The van der Waals surface area contributed by atoms with E-state index < -0.39 is 0 Å². The second kappa shape index (κ2) is 7.42. The van der Waals surface area contributed by atoms with E-state index in [2.05, 4.69) is 28.2 Å². The number of hydrogen-bond donors (Lipinski definition) is 1. The molecule has 0 atom stereocenters. The van der Waals surface area contributed by atoms with Crippen LogP contribution in [0.5, 0.6) is 0 Å². The van der Waals surface area contributed by atoms with Gasteiger partial charge in [-0.2, -0.15) is 0 Å².